The topological polar surface area (TPSA) is 94.6 Å². The Labute approximate surface area is 123 Å². The molecule has 2 unspecified atom stereocenters. The molecule has 0 spiro atoms. The number of piperidine rings is 1. The summed E-state index contributed by atoms with van der Waals surface area (Å²) in [5.74, 6) is 1.89. The summed E-state index contributed by atoms with van der Waals surface area (Å²) >= 11 is 0. The summed E-state index contributed by atoms with van der Waals surface area (Å²) in [6.45, 7) is 3.87. The van der Waals surface area contributed by atoms with Crippen molar-refractivity contribution < 1.29 is 0 Å². The second-order valence-corrected chi connectivity index (χ2v) is 5.55. The molecule has 6 heteroatoms. The molecular weight excluding hydrogens is 264 g/mol. The fourth-order valence-corrected chi connectivity index (χ4v) is 2.54. The van der Waals surface area contributed by atoms with Gasteiger partial charge < -0.3 is 10.6 Å². The summed E-state index contributed by atoms with van der Waals surface area (Å²) in [7, 11) is 0. The smallest absolute Gasteiger partial charge is 0.245 e. The molecule has 3 N–H and O–H groups in total. The Morgan fingerprint density at radius 3 is 3.10 bits per heavy atom. The van der Waals surface area contributed by atoms with Crippen molar-refractivity contribution in [3.8, 4) is 17.5 Å². The molecular formula is C15H18N6. The normalized spacial score (nSPS) is 22.0. The predicted octanol–water partition coefficient (Wildman–Crippen LogP) is 1.52. The monoisotopic (exact) mass is 282 g/mol. The number of nitrogens with two attached hydrogens (primary N) is 1. The zero-order chi connectivity index (χ0) is 14.8. The minimum absolute atomic E-state index is 0.155. The quantitative estimate of drug-likeness (QED) is 0.870. The number of hydrogen-bond donors (Lipinski definition) is 2. The summed E-state index contributed by atoms with van der Waals surface area (Å²) in [4.78, 5) is 6.64. The summed E-state index contributed by atoms with van der Waals surface area (Å²) < 4.78 is 0. The highest BCUT2D eigenvalue weighted by atomic mass is 15.4. The number of nitrogens with zero attached hydrogens (tertiary/aromatic N) is 4. The second-order valence-electron chi connectivity index (χ2n) is 5.55. The maximum Gasteiger partial charge on any atom is 0.245 e. The highest BCUT2D eigenvalue weighted by molar-refractivity contribution is 5.59. The minimum Gasteiger partial charge on any atom is -0.338 e. The van der Waals surface area contributed by atoms with E-state index in [2.05, 4.69) is 33.1 Å². The van der Waals surface area contributed by atoms with Crippen LogP contribution in [0.5, 0.6) is 0 Å². The van der Waals surface area contributed by atoms with E-state index in [1.54, 1.807) is 12.1 Å². The molecule has 1 fully saturated rings. The Hall–Kier alpha value is -2.39. The molecule has 0 aliphatic carbocycles. The number of nitriles is 1. The van der Waals surface area contributed by atoms with E-state index < -0.39 is 0 Å². The highest BCUT2D eigenvalue weighted by Gasteiger charge is 2.25. The number of anilines is 1. The zero-order valence-electron chi connectivity index (χ0n) is 12.0. The number of rotatable bonds is 2. The lowest BCUT2D eigenvalue weighted by Gasteiger charge is -2.34. The summed E-state index contributed by atoms with van der Waals surface area (Å²) in [5.41, 5.74) is 7.59. The molecule has 2 atom stereocenters. The van der Waals surface area contributed by atoms with Gasteiger partial charge in [0.1, 0.15) is 0 Å². The summed E-state index contributed by atoms with van der Waals surface area (Å²) in [6, 6.07) is 9.61. The lowest BCUT2D eigenvalue weighted by Crippen LogP contribution is -2.48. The Kier molecular flexibility index (Phi) is 3.59. The minimum atomic E-state index is 0.155. The Balaban J connectivity index is 1.82. The lowest BCUT2D eigenvalue weighted by atomic mass is 9.95. The third kappa shape index (κ3) is 2.73. The van der Waals surface area contributed by atoms with Crippen LogP contribution in [0.4, 0.5) is 5.95 Å². The Bertz CT molecular complexity index is 671. The molecule has 0 bridgehead atoms. The first-order valence-corrected chi connectivity index (χ1v) is 7.11. The van der Waals surface area contributed by atoms with E-state index in [-0.39, 0.29) is 6.04 Å². The van der Waals surface area contributed by atoms with Gasteiger partial charge in [0.2, 0.25) is 5.95 Å². The molecule has 1 aromatic carbocycles. The van der Waals surface area contributed by atoms with E-state index in [0.29, 0.717) is 23.3 Å². The predicted molar refractivity (Wildman–Crippen MR) is 80.5 cm³/mol. The second kappa shape index (κ2) is 5.54. The number of aromatic amines is 1. The van der Waals surface area contributed by atoms with E-state index >= 15 is 0 Å². The average Bonchev–Trinajstić information content (AvgIpc) is 3.00. The van der Waals surface area contributed by atoms with Crippen LogP contribution in [0.15, 0.2) is 24.3 Å². The van der Waals surface area contributed by atoms with Gasteiger partial charge in [-0.05, 0) is 24.5 Å². The molecule has 0 amide bonds. The van der Waals surface area contributed by atoms with E-state index in [9.17, 15) is 0 Å². The van der Waals surface area contributed by atoms with Gasteiger partial charge in [0.25, 0.3) is 0 Å². The number of benzene rings is 1. The van der Waals surface area contributed by atoms with Gasteiger partial charge in [-0.3, -0.25) is 5.10 Å². The molecule has 0 radical (unpaired) electrons. The SMILES string of the molecule is CC1CCN(c2n[nH]c(-c3cccc(C#N)c3)n2)CC1N. The molecule has 1 aromatic heterocycles. The number of nitrogens with one attached hydrogen (secondary N) is 1. The fraction of sp³-hybridized carbons (Fsp3) is 0.400. The van der Waals surface area contributed by atoms with E-state index in [1.807, 2.05) is 12.1 Å². The van der Waals surface area contributed by atoms with Gasteiger partial charge in [-0.15, -0.1) is 5.10 Å². The maximum atomic E-state index is 8.95. The highest BCUT2D eigenvalue weighted by Crippen LogP contribution is 2.22. The summed E-state index contributed by atoms with van der Waals surface area (Å²) in [6.07, 6.45) is 1.05. The van der Waals surface area contributed by atoms with E-state index in [0.717, 1.165) is 25.1 Å². The van der Waals surface area contributed by atoms with Crippen molar-refractivity contribution in [2.24, 2.45) is 11.7 Å². The standard InChI is InChI=1S/C15H18N6/c1-10-5-6-21(9-13(10)17)15-18-14(19-20-15)12-4-2-3-11(7-12)8-16/h2-4,7,10,13H,5-6,9,17H2,1H3,(H,18,19,20). The third-order valence-electron chi connectivity index (χ3n) is 4.04. The van der Waals surface area contributed by atoms with Crippen molar-refractivity contribution in [1.29, 1.82) is 5.26 Å². The number of aromatic nitrogens is 3. The maximum absolute atomic E-state index is 8.95. The first-order chi connectivity index (χ1) is 10.2. The third-order valence-corrected chi connectivity index (χ3v) is 4.04. The zero-order valence-corrected chi connectivity index (χ0v) is 12.0. The molecule has 21 heavy (non-hydrogen) atoms. The van der Waals surface area contributed by atoms with Crippen LogP contribution < -0.4 is 10.6 Å². The average molecular weight is 282 g/mol. The fourth-order valence-electron chi connectivity index (χ4n) is 2.54. The first-order valence-electron chi connectivity index (χ1n) is 7.11. The van der Waals surface area contributed by atoms with Crippen LogP contribution in [0.25, 0.3) is 11.4 Å². The van der Waals surface area contributed by atoms with E-state index in [4.69, 9.17) is 11.0 Å². The van der Waals surface area contributed by atoms with Crippen molar-refractivity contribution in [3.63, 3.8) is 0 Å². The van der Waals surface area contributed by atoms with Crippen LogP contribution in [-0.2, 0) is 0 Å². The molecule has 3 rings (SSSR count). The van der Waals surface area contributed by atoms with Gasteiger partial charge in [0.15, 0.2) is 5.82 Å². The van der Waals surface area contributed by atoms with Crippen molar-refractivity contribution in [2.45, 2.75) is 19.4 Å². The van der Waals surface area contributed by atoms with Gasteiger partial charge in [-0.2, -0.15) is 10.2 Å². The van der Waals surface area contributed by atoms with Crippen molar-refractivity contribution in [1.82, 2.24) is 15.2 Å². The molecule has 1 saturated heterocycles. The molecule has 6 nitrogen and oxygen atoms in total. The van der Waals surface area contributed by atoms with Crippen molar-refractivity contribution >= 4 is 5.95 Å². The largest absolute Gasteiger partial charge is 0.338 e. The molecule has 2 aromatic rings. The van der Waals surface area contributed by atoms with Gasteiger partial charge >= 0.3 is 0 Å². The number of hydrogen-bond acceptors (Lipinski definition) is 5. The molecule has 2 heterocycles. The van der Waals surface area contributed by atoms with Gasteiger partial charge in [-0.25, -0.2) is 0 Å². The lowest BCUT2D eigenvalue weighted by molar-refractivity contribution is 0.376. The molecule has 1 aliphatic heterocycles. The number of H-pyrrole nitrogens is 1. The van der Waals surface area contributed by atoms with Gasteiger partial charge in [0.05, 0.1) is 11.6 Å². The summed E-state index contributed by atoms with van der Waals surface area (Å²) in [5, 5.41) is 16.2. The Morgan fingerprint density at radius 1 is 1.48 bits per heavy atom. The van der Waals surface area contributed by atoms with Crippen LogP contribution in [0.2, 0.25) is 0 Å². The van der Waals surface area contributed by atoms with E-state index in [1.165, 1.54) is 0 Å². The molecule has 1 aliphatic rings. The first kappa shape index (κ1) is 13.6. The van der Waals surface area contributed by atoms with Crippen LogP contribution in [0, 0.1) is 17.2 Å². The van der Waals surface area contributed by atoms with Crippen LogP contribution in [0.3, 0.4) is 0 Å². The molecule has 0 saturated carbocycles. The Morgan fingerprint density at radius 2 is 2.33 bits per heavy atom. The van der Waals surface area contributed by atoms with Crippen molar-refractivity contribution in [3.05, 3.63) is 29.8 Å². The van der Waals surface area contributed by atoms with Crippen LogP contribution in [-0.4, -0.2) is 34.3 Å². The van der Waals surface area contributed by atoms with Gasteiger partial charge in [0, 0.05) is 24.7 Å². The van der Waals surface area contributed by atoms with Gasteiger partial charge in [-0.1, -0.05) is 19.1 Å². The van der Waals surface area contributed by atoms with Crippen molar-refractivity contribution in [2.75, 3.05) is 18.0 Å². The molecule has 108 valence electrons. The van der Waals surface area contributed by atoms with Crippen LogP contribution in [0.1, 0.15) is 18.9 Å². The van der Waals surface area contributed by atoms with Crippen LogP contribution >= 0.6 is 0 Å².